The second-order valence-electron chi connectivity index (χ2n) is 6.69. The maximum absolute atomic E-state index is 5.53. The smallest absolute Gasteiger partial charge is 0.191 e. The van der Waals surface area contributed by atoms with Crippen molar-refractivity contribution < 1.29 is 4.74 Å². The number of thiazole rings is 1. The maximum Gasteiger partial charge on any atom is 0.191 e. The molecule has 0 amide bonds. The van der Waals surface area contributed by atoms with Gasteiger partial charge in [-0.25, -0.2) is 4.98 Å². The van der Waals surface area contributed by atoms with E-state index in [2.05, 4.69) is 46.6 Å². The Hall–Kier alpha value is -2.08. The fourth-order valence-electron chi connectivity index (χ4n) is 3.25. The van der Waals surface area contributed by atoms with Crippen molar-refractivity contribution in [3.05, 3.63) is 45.4 Å². The van der Waals surface area contributed by atoms with E-state index in [-0.39, 0.29) is 5.41 Å². The van der Waals surface area contributed by atoms with Gasteiger partial charge in [-0.15, -0.1) is 11.3 Å². The standard InChI is InChI=1S/C19H26N4OS/c1-12-16(25-13(2)22-12)11-21-18(20-4)23-17-10-19(17,3)14-8-6-7-9-15(14)24-5/h6-9,17H,10-11H2,1-5H3,(H2,20,21,23). The Kier molecular flexibility index (Phi) is 4.99. The second kappa shape index (κ2) is 7.04. The van der Waals surface area contributed by atoms with Crippen LogP contribution < -0.4 is 15.4 Å². The van der Waals surface area contributed by atoms with Gasteiger partial charge in [0, 0.05) is 28.9 Å². The van der Waals surface area contributed by atoms with Crippen LogP contribution >= 0.6 is 11.3 Å². The number of benzene rings is 1. The minimum Gasteiger partial charge on any atom is -0.496 e. The number of aliphatic imine (C=N–C) groups is 1. The summed E-state index contributed by atoms with van der Waals surface area (Å²) in [6.07, 6.45) is 1.06. The average molecular weight is 359 g/mol. The van der Waals surface area contributed by atoms with E-state index in [1.165, 1.54) is 10.4 Å². The van der Waals surface area contributed by atoms with Crippen molar-refractivity contribution in [1.82, 2.24) is 15.6 Å². The largest absolute Gasteiger partial charge is 0.496 e. The highest BCUT2D eigenvalue weighted by atomic mass is 32.1. The van der Waals surface area contributed by atoms with Gasteiger partial charge in [-0.1, -0.05) is 25.1 Å². The first kappa shape index (κ1) is 17.7. The van der Waals surface area contributed by atoms with E-state index in [1.807, 2.05) is 26.1 Å². The summed E-state index contributed by atoms with van der Waals surface area (Å²) in [7, 11) is 3.54. The first-order chi connectivity index (χ1) is 12.0. The molecule has 1 aromatic carbocycles. The number of nitrogens with one attached hydrogen (secondary N) is 2. The molecule has 1 aliphatic rings. The SMILES string of the molecule is CN=C(NCc1sc(C)nc1C)NC1CC1(C)c1ccccc1OC. The molecule has 1 heterocycles. The van der Waals surface area contributed by atoms with E-state index in [0.29, 0.717) is 6.04 Å². The highest BCUT2D eigenvalue weighted by Crippen LogP contribution is 2.50. The minimum absolute atomic E-state index is 0.0707. The Balaban J connectivity index is 1.63. The lowest BCUT2D eigenvalue weighted by molar-refractivity contribution is 0.404. The molecule has 0 aliphatic heterocycles. The van der Waals surface area contributed by atoms with Gasteiger partial charge < -0.3 is 15.4 Å². The van der Waals surface area contributed by atoms with Crippen LogP contribution in [0.2, 0.25) is 0 Å². The number of ether oxygens (including phenoxy) is 1. The van der Waals surface area contributed by atoms with Crippen molar-refractivity contribution in [2.75, 3.05) is 14.2 Å². The van der Waals surface area contributed by atoms with Crippen LogP contribution in [0.4, 0.5) is 0 Å². The zero-order chi connectivity index (χ0) is 18.0. The van der Waals surface area contributed by atoms with E-state index in [9.17, 15) is 0 Å². The molecule has 0 saturated heterocycles. The lowest BCUT2D eigenvalue weighted by atomic mass is 9.96. The first-order valence-corrected chi connectivity index (χ1v) is 9.33. The number of aromatic nitrogens is 1. The number of hydrogen-bond donors (Lipinski definition) is 2. The third-order valence-electron chi connectivity index (χ3n) is 4.91. The predicted molar refractivity (Wildman–Crippen MR) is 104 cm³/mol. The van der Waals surface area contributed by atoms with Gasteiger partial charge in [-0.05, 0) is 26.3 Å². The highest BCUT2D eigenvalue weighted by molar-refractivity contribution is 7.11. The number of para-hydroxylation sites is 1. The van der Waals surface area contributed by atoms with Crippen LogP contribution in [0.25, 0.3) is 0 Å². The average Bonchev–Trinajstić information content (AvgIpc) is 3.15. The molecule has 0 bridgehead atoms. The molecule has 1 fully saturated rings. The molecule has 3 rings (SSSR count). The molecular formula is C19H26N4OS. The number of nitrogens with zero attached hydrogens (tertiary/aromatic N) is 2. The number of rotatable bonds is 5. The lowest BCUT2D eigenvalue weighted by Crippen LogP contribution is -2.40. The van der Waals surface area contributed by atoms with Crippen LogP contribution in [0.3, 0.4) is 0 Å². The maximum atomic E-state index is 5.53. The van der Waals surface area contributed by atoms with Crippen molar-refractivity contribution in [3.63, 3.8) is 0 Å². The number of hydrogen-bond acceptors (Lipinski definition) is 4. The van der Waals surface area contributed by atoms with E-state index in [0.717, 1.165) is 35.4 Å². The van der Waals surface area contributed by atoms with Gasteiger partial charge in [-0.2, -0.15) is 0 Å². The molecular weight excluding hydrogens is 332 g/mol. The molecule has 2 atom stereocenters. The zero-order valence-corrected chi connectivity index (χ0v) is 16.3. The topological polar surface area (TPSA) is 58.5 Å². The third kappa shape index (κ3) is 3.63. The van der Waals surface area contributed by atoms with Crippen molar-refractivity contribution in [3.8, 4) is 5.75 Å². The Morgan fingerprint density at radius 3 is 2.80 bits per heavy atom. The molecule has 2 N–H and O–H groups in total. The summed E-state index contributed by atoms with van der Waals surface area (Å²) >= 11 is 1.73. The van der Waals surface area contributed by atoms with Gasteiger partial charge in [0.05, 0.1) is 24.4 Å². The minimum atomic E-state index is 0.0707. The van der Waals surface area contributed by atoms with Crippen LogP contribution in [0, 0.1) is 13.8 Å². The van der Waals surface area contributed by atoms with Crippen molar-refractivity contribution in [1.29, 1.82) is 0 Å². The summed E-state index contributed by atoms with van der Waals surface area (Å²) in [6, 6.07) is 8.61. The van der Waals surface area contributed by atoms with Crippen molar-refractivity contribution in [2.45, 2.75) is 45.2 Å². The number of methoxy groups -OCH3 is 1. The summed E-state index contributed by atoms with van der Waals surface area (Å²) < 4.78 is 5.53. The fourth-order valence-corrected chi connectivity index (χ4v) is 4.13. The van der Waals surface area contributed by atoms with Crippen LogP contribution in [0.1, 0.15) is 34.5 Å². The number of aryl methyl sites for hydroxylation is 2. The molecule has 1 aliphatic carbocycles. The van der Waals surface area contributed by atoms with Gasteiger partial charge in [0.25, 0.3) is 0 Å². The molecule has 2 unspecified atom stereocenters. The number of guanidine groups is 1. The second-order valence-corrected chi connectivity index (χ2v) is 7.97. The van der Waals surface area contributed by atoms with E-state index < -0.39 is 0 Å². The van der Waals surface area contributed by atoms with Crippen LogP contribution in [-0.2, 0) is 12.0 Å². The molecule has 25 heavy (non-hydrogen) atoms. The Bertz CT molecular complexity index is 785. The molecule has 6 heteroatoms. The molecule has 0 radical (unpaired) electrons. The van der Waals surface area contributed by atoms with E-state index in [1.54, 1.807) is 18.4 Å². The summed E-state index contributed by atoms with van der Waals surface area (Å²) in [4.78, 5) is 10.1. The van der Waals surface area contributed by atoms with Crippen LogP contribution in [0.15, 0.2) is 29.3 Å². The van der Waals surface area contributed by atoms with Gasteiger partial charge in [0.15, 0.2) is 5.96 Å². The van der Waals surface area contributed by atoms with E-state index in [4.69, 9.17) is 4.74 Å². The zero-order valence-electron chi connectivity index (χ0n) is 15.5. The molecule has 1 aromatic heterocycles. The van der Waals surface area contributed by atoms with Crippen LogP contribution in [-0.4, -0.2) is 31.1 Å². The molecule has 1 saturated carbocycles. The molecule has 5 nitrogen and oxygen atoms in total. The van der Waals surface area contributed by atoms with Crippen molar-refractivity contribution in [2.24, 2.45) is 4.99 Å². The summed E-state index contributed by atoms with van der Waals surface area (Å²) in [6.45, 7) is 7.11. The summed E-state index contributed by atoms with van der Waals surface area (Å²) in [5.41, 5.74) is 2.41. The van der Waals surface area contributed by atoms with Gasteiger partial charge in [0.2, 0.25) is 0 Å². The van der Waals surface area contributed by atoms with Gasteiger partial charge >= 0.3 is 0 Å². The molecule has 2 aromatic rings. The highest BCUT2D eigenvalue weighted by Gasteiger charge is 2.53. The fraction of sp³-hybridized carbons (Fsp3) is 0.474. The monoisotopic (exact) mass is 358 g/mol. The van der Waals surface area contributed by atoms with Gasteiger partial charge in [-0.3, -0.25) is 4.99 Å². The van der Waals surface area contributed by atoms with Crippen LogP contribution in [0.5, 0.6) is 5.75 Å². The summed E-state index contributed by atoms with van der Waals surface area (Å²) in [5.74, 6) is 1.78. The lowest BCUT2D eigenvalue weighted by Gasteiger charge is -2.18. The normalized spacial score (nSPS) is 22.6. The van der Waals surface area contributed by atoms with Gasteiger partial charge in [0.1, 0.15) is 5.75 Å². The van der Waals surface area contributed by atoms with Crippen molar-refractivity contribution >= 4 is 17.3 Å². The molecule has 0 spiro atoms. The molecule has 134 valence electrons. The Labute approximate surface area is 153 Å². The first-order valence-electron chi connectivity index (χ1n) is 8.51. The Morgan fingerprint density at radius 1 is 1.40 bits per heavy atom. The summed E-state index contributed by atoms with van der Waals surface area (Å²) in [5, 5.41) is 8.05. The quantitative estimate of drug-likeness (QED) is 0.637. The predicted octanol–water partition coefficient (Wildman–Crippen LogP) is 3.16. The Morgan fingerprint density at radius 2 is 2.16 bits per heavy atom. The third-order valence-corrected chi connectivity index (χ3v) is 5.98. The van der Waals surface area contributed by atoms with E-state index >= 15 is 0 Å².